The Morgan fingerprint density at radius 3 is 2.48 bits per heavy atom. The average molecular weight is 388 g/mol. The highest BCUT2D eigenvalue weighted by Gasteiger charge is 2.23. The Hall–Kier alpha value is -1.95. The number of thiocarbonyl (C=S) groups is 1. The van der Waals surface area contributed by atoms with Gasteiger partial charge in [-0.05, 0) is 62.0 Å². The van der Waals surface area contributed by atoms with Gasteiger partial charge >= 0.3 is 0 Å². The summed E-state index contributed by atoms with van der Waals surface area (Å²) in [4.78, 5) is 27.0. The van der Waals surface area contributed by atoms with E-state index in [0.29, 0.717) is 16.6 Å². The zero-order valence-electron chi connectivity index (χ0n) is 16.0. The molecule has 2 aliphatic rings. The van der Waals surface area contributed by atoms with Crippen molar-refractivity contribution >= 4 is 34.8 Å². The van der Waals surface area contributed by atoms with Crippen LogP contribution >= 0.6 is 12.2 Å². The van der Waals surface area contributed by atoms with Crippen molar-refractivity contribution in [1.29, 1.82) is 0 Å². The molecule has 1 aromatic carbocycles. The molecule has 27 heavy (non-hydrogen) atoms. The number of rotatable bonds is 3. The third kappa shape index (κ3) is 5.51. The van der Waals surface area contributed by atoms with Crippen LogP contribution in [-0.2, 0) is 4.79 Å². The lowest BCUT2D eigenvalue weighted by Crippen LogP contribution is -2.39. The highest BCUT2D eigenvalue weighted by molar-refractivity contribution is 7.80. The molecule has 0 radical (unpaired) electrons. The lowest BCUT2D eigenvalue weighted by atomic mass is 9.89. The minimum Gasteiger partial charge on any atom is -0.339 e. The van der Waals surface area contributed by atoms with Gasteiger partial charge in [0, 0.05) is 30.3 Å². The second-order valence-electron chi connectivity index (χ2n) is 7.83. The van der Waals surface area contributed by atoms with Gasteiger partial charge in [0.05, 0.1) is 0 Å². The van der Waals surface area contributed by atoms with Crippen molar-refractivity contribution in [2.75, 3.05) is 18.4 Å². The Balaban J connectivity index is 1.56. The van der Waals surface area contributed by atoms with Gasteiger partial charge in [0.15, 0.2) is 5.11 Å². The molecule has 0 aromatic heterocycles. The van der Waals surface area contributed by atoms with Crippen LogP contribution in [0.15, 0.2) is 24.3 Å². The monoisotopic (exact) mass is 387 g/mol. The summed E-state index contributed by atoms with van der Waals surface area (Å²) in [5.74, 6) is 0.810. The quantitative estimate of drug-likeness (QED) is 0.771. The van der Waals surface area contributed by atoms with E-state index in [1.807, 2.05) is 23.1 Å². The van der Waals surface area contributed by atoms with Crippen molar-refractivity contribution in [3.63, 3.8) is 0 Å². The number of carbonyl (C=O) groups excluding carboxylic acids is 2. The summed E-state index contributed by atoms with van der Waals surface area (Å²) >= 11 is 5.29. The molecule has 1 saturated heterocycles. The maximum Gasteiger partial charge on any atom is 0.253 e. The molecule has 3 rings (SSSR count). The van der Waals surface area contributed by atoms with Crippen LogP contribution < -0.4 is 10.6 Å². The van der Waals surface area contributed by atoms with Gasteiger partial charge in [-0.3, -0.25) is 9.59 Å². The van der Waals surface area contributed by atoms with Crippen LogP contribution in [0.3, 0.4) is 0 Å². The Morgan fingerprint density at radius 1 is 1.07 bits per heavy atom. The smallest absolute Gasteiger partial charge is 0.253 e. The number of likely N-dealkylation sites (tertiary alicyclic amines) is 1. The second kappa shape index (κ2) is 9.31. The summed E-state index contributed by atoms with van der Waals surface area (Å²) in [6, 6.07) is 7.33. The molecule has 0 bridgehead atoms. The van der Waals surface area contributed by atoms with Crippen molar-refractivity contribution < 1.29 is 9.59 Å². The number of piperidine rings is 1. The minimum atomic E-state index is 0.00173. The van der Waals surface area contributed by atoms with Gasteiger partial charge < -0.3 is 15.5 Å². The number of amides is 2. The van der Waals surface area contributed by atoms with E-state index in [1.54, 1.807) is 6.07 Å². The van der Waals surface area contributed by atoms with Crippen LogP contribution in [0.1, 0.15) is 62.2 Å². The fourth-order valence-electron chi connectivity index (χ4n) is 3.87. The van der Waals surface area contributed by atoms with Crippen LogP contribution in [-0.4, -0.2) is 34.9 Å². The molecule has 1 saturated carbocycles. The largest absolute Gasteiger partial charge is 0.339 e. The summed E-state index contributed by atoms with van der Waals surface area (Å²) < 4.78 is 0. The molecule has 2 fully saturated rings. The van der Waals surface area contributed by atoms with Gasteiger partial charge in [-0.25, -0.2) is 0 Å². The van der Waals surface area contributed by atoms with Crippen LogP contribution in [0, 0.1) is 11.8 Å². The predicted octanol–water partition coefficient (Wildman–Crippen LogP) is 3.95. The topological polar surface area (TPSA) is 61.4 Å². The lowest BCUT2D eigenvalue weighted by Gasteiger charge is -2.30. The maximum absolute atomic E-state index is 12.7. The highest BCUT2D eigenvalue weighted by atomic mass is 32.1. The molecule has 0 atom stereocenters. The van der Waals surface area contributed by atoms with Crippen LogP contribution in [0.25, 0.3) is 0 Å². The zero-order chi connectivity index (χ0) is 19.2. The highest BCUT2D eigenvalue weighted by Crippen LogP contribution is 2.24. The second-order valence-corrected chi connectivity index (χ2v) is 8.24. The van der Waals surface area contributed by atoms with E-state index in [0.717, 1.165) is 57.3 Å². The molecule has 0 unspecified atom stereocenters. The molecule has 6 heteroatoms. The van der Waals surface area contributed by atoms with Gasteiger partial charge in [-0.15, -0.1) is 0 Å². The third-order valence-electron chi connectivity index (χ3n) is 5.65. The van der Waals surface area contributed by atoms with Gasteiger partial charge in [-0.2, -0.15) is 0 Å². The fraction of sp³-hybridized carbons (Fsp3) is 0.571. The lowest BCUT2D eigenvalue weighted by molar-refractivity contribution is -0.124. The van der Waals surface area contributed by atoms with E-state index in [1.165, 1.54) is 6.42 Å². The molecule has 5 nitrogen and oxygen atoms in total. The van der Waals surface area contributed by atoms with Crippen molar-refractivity contribution in [2.45, 2.75) is 51.9 Å². The first kappa shape index (κ1) is 19.8. The summed E-state index contributed by atoms with van der Waals surface area (Å²) in [6.07, 6.45) is 7.42. The molecule has 0 spiro atoms. The fourth-order valence-corrected chi connectivity index (χ4v) is 4.08. The van der Waals surface area contributed by atoms with E-state index in [9.17, 15) is 9.59 Å². The first-order valence-electron chi connectivity index (χ1n) is 10.0. The Morgan fingerprint density at radius 2 is 1.78 bits per heavy atom. The number of carbonyl (C=O) groups is 2. The molecule has 1 aliphatic heterocycles. The molecule has 1 aromatic rings. The number of nitrogens with zero attached hydrogens (tertiary/aromatic N) is 1. The van der Waals surface area contributed by atoms with Crippen molar-refractivity contribution in [2.24, 2.45) is 11.8 Å². The maximum atomic E-state index is 12.7. The van der Waals surface area contributed by atoms with Gasteiger partial charge in [0.2, 0.25) is 5.91 Å². The van der Waals surface area contributed by atoms with Crippen LogP contribution in [0.4, 0.5) is 5.69 Å². The third-order valence-corrected chi connectivity index (χ3v) is 5.86. The zero-order valence-corrected chi connectivity index (χ0v) is 16.8. The average Bonchev–Trinajstić information content (AvgIpc) is 2.69. The SMILES string of the molecule is CC1CCN(C(=O)c2cccc(NC(=S)NC(=O)C3CCCCC3)c2)CC1. The first-order valence-corrected chi connectivity index (χ1v) is 10.4. The molecular formula is C21H29N3O2S. The van der Waals surface area contributed by atoms with E-state index in [2.05, 4.69) is 17.6 Å². The Labute approximate surface area is 166 Å². The predicted molar refractivity (Wildman–Crippen MR) is 112 cm³/mol. The van der Waals surface area contributed by atoms with Gasteiger partial charge in [-0.1, -0.05) is 32.3 Å². The summed E-state index contributed by atoms with van der Waals surface area (Å²) in [5, 5.41) is 6.14. The molecule has 1 aliphatic carbocycles. The van der Waals surface area contributed by atoms with E-state index in [4.69, 9.17) is 12.2 Å². The molecule has 1 heterocycles. The van der Waals surface area contributed by atoms with E-state index >= 15 is 0 Å². The Bertz CT molecular complexity index is 692. The number of hydrogen-bond acceptors (Lipinski definition) is 3. The van der Waals surface area contributed by atoms with Gasteiger partial charge in [0.25, 0.3) is 5.91 Å². The first-order chi connectivity index (χ1) is 13.0. The van der Waals surface area contributed by atoms with Crippen LogP contribution in [0.5, 0.6) is 0 Å². The number of hydrogen-bond donors (Lipinski definition) is 2. The Kier molecular flexibility index (Phi) is 6.83. The minimum absolute atomic E-state index is 0.00173. The van der Waals surface area contributed by atoms with Crippen molar-refractivity contribution in [1.82, 2.24) is 10.2 Å². The molecular weight excluding hydrogens is 358 g/mol. The van der Waals surface area contributed by atoms with Crippen molar-refractivity contribution in [3.8, 4) is 0 Å². The summed E-state index contributed by atoms with van der Waals surface area (Å²) in [5.41, 5.74) is 1.37. The number of benzene rings is 1. The normalized spacial score (nSPS) is 18.8. The van der Waals surface area contributed by atoms with Crippen LogP contribution in [0.2, 0.25) is 0 Å². The number of anilines is 1. The molecule has 146 valence electrons. The summed E-state index contributed by atoms with van der Waals surface area (Å²) in [6.45, 7) is 3.86. The standard InChI is InChI=1S/C21H29N3O2S/c1-15-10-12-24(13-11-15)20(26)17-8-5-9-18(14-17)22-21(27)23-19(25)16-6-3-2-4-7-16/h5,8-9,14-16H,2-4,6-7,10-13H2,1H3,(H2,22,23,25,27). The molecule has 2 amide bonds. The van der Waals surface area contributed by atoms with E-state index < -0.39 is 0 Å². The number of nitrogens with one attached hydrogen (secondary N) is 2. The van der Waals surface area contributed by atoms with Gasteiger partial charge in [0.1, 0.15) is 0 Å². The van der Waals surface area contributed by atoms with Crippen molar-refractivity contribution in [3.05, 3.63) is 29.8 Å². The van der Waals surface area contributed by atoms with E-state index in [-0.39, 0.29) is 17.7 Å². The molecule has 2 N–H and O–H groups in total. The summed E-state index contributed by atoms with van der Waals surface area (Å²) in [7, 11) is 0.